The van der Waals surface area contributed by atoms with Gasteiger partial charge in [-0.2, -0.15) is 0 Å². The number of nitrogens with one attached hydrogen (secondary N) is 1. The van der Waals surface area contributed by atoms with Crippen molar-refractivity contribution < 1.29 is 22.7 Å². The topological polar surface area (TPSA) is 84.9 Å². The summed E-state index contributed by atoms with van der Waals surface area (Å²) in [6.45, 7) is 1.95. The average Bonchev–Trinajstić information content (AvgIpc) is 2.67. The van der Waals surface area contributed by atoms with E-state index < -0.39 is 16.1 Å². The van der Waals surface area contributed by atoms with Crippen molar-refractivity contribution in [3.63, 3.8) is 0 Å². The molecular weight excluding hydrogens is 380 g/mol. The SMILES string of the molecule is COc1ccc(CCNC(=O)[C@@H](C)N(c2cccc(OC)c2)S(C)(=O)=O)cc1. The molecule has 0 spiro atoms. The molecule has 28 heavy (non-hydrogen) atoms. The zero-order valence-electron chi connectivity index (χ0n) is 16.5. The standard InChI is InChI=1S/C20H26N2O5S/c1-15(20(23)21-13-12-16-8-10-18(26-2)11-9-16)22(28(4,24)25)17-6-5-7-19(14-17)27-3/h5-11,14-15H,12-13H2,1-4H3,(H,21,23)/t15-/m1/s1. The van der Waals surface area contributed by atoms with E-state index in [1.165, 1.54) is 7.11 Å². The van der Waals surface area contributed by atoms with E-state index in [4.69, 9.17) is 9.47 Å². The van der Waals surface area contributed by atoms with E-state index in [-0.39, 0.29) is 5.91 Å². The summed E-state index contributed by atoms with van der Waals surface area (Å²) in [6.07, 6.45) is 1.70. The minimum atomic E-state index is -3.67. The number of amides is 1. The van der Waals surface area contributed by atoms with E-state index in [1.54, 1.807) is 38.3 Å². The number of hydrogen-bond acceptors (Lipinski definition) is 5. The minimum Gasteiger partial charge on any atom is -0.497 e. The van der Waals surface area contributed by atoms with Crippen molar-refractivity contribution in [2.24, 2.45) is 0 Å². The van der Waals surface area contributed by atoms with Gasteiger partial charge in [-0.15, -0.1) is 0 Å². The molecule has 0 aliphatic carbocycles. The van der Waals surface area contributed by atoms with Crippen LogP contribution in [0.25, 0.3) is 0 Å². The first kappa shape index (κ1) is 21.6. The molecule has 1 N–H and O–H groups in total. The van der Waals surface area contributed by atoms with Crippen LogP contribution in [0.1, 0.15) is 12.5 Å². The third-order valence-corrected chi connectivity index (χ3v) is 5.51. The van der Waals surface area contributed by atoms with Crippen LogP contribution < -0.4 is 19.1 Å². The minimum absolute atomic E-state index is 0.373. The number of hydrogen-bond donors (Lipinski definition) is 1. The first-order valence-corrected chi connectivity index (χ1v) is 10.6. The summed E-state index contributed by atoms with van der Waals surface area (Å²) < 4.78 is 36.0. The Morgan fingerprint density at radius 2 is 1.71 bits per heavy atom. The summed E-state index contributed by atoms with van der Waals surface area (Å²) in [7, 11) is -0.566. The summed E-state index contributed by atoms with van der Waals surface area (Å²) in [4.78, 5) is 12.6. The smallest absolute Gasteiger partial charge is 0.243 e. The second-order valence-electron chi connectivity index (χ2n) is 6.33. The predicted octanol–water partition coefficient (Wildman–Crippen LogP) is 2.22. The summed E-state index contributed by atoms with van der Waals surface area (Å²) >= 11 is 0. The molecule has 0 bridgehead atoms. The van der Waals surface area contributed by atoms with Crippen molar-refractivity contribution in [1.29, 1.82) is 0 Å². The van der Waals surface area contributed by atoms with Gasteiger partial charge in [0.15, 0.2) is 0 Å². The van der Waals surface area contributed by atoms with Crippen molar-refractivity contribution in [3.8, 4) is 11.5 Å². The zero-order valence-corrected chi connectivity index (χ0v) is 17.3. The normalized spacial score (nSPS) is 12.1. The Morgan fingerprint density at radius 3 is 2.29 bits per heavy atom. The fourth-order valence-corrected chi connectivity index (χ4v) is 3.99. The molecule has 0 heterocycles. The second-order valence-corrected chi connectivity index (χ2v) is 8.18. The summed E-state index contributed by atoms with van der Waals surface area (Å²) in [6, 6.07) is 13.3. The van der Waals surface area contributed by atoms with Crippen molar-refractivity contribution >= 4 is 21.6 Å². The Kier molecular flexibility index (Phi) is 7.28. The number of sulfonamides is 1. The van der Waals surface area contributed by atoms with Crippen LogP contribution in [-0.4, -0.2) is 47.4 Å². The van der Waals surface area contributed by atoms with Crippen LogP contribution in [-0.2, 0) is 21.2 Å². The zero-order chi connectivity index (χ0) is 20.7. The van der Waals surface area contributed by atoms with Gasteiger partial charge in [0.25, 0.3) is 0 Å². The molecule has 152 valence electrons. The van der Waals surface area contributed by atoms with Gasteiger partial charge in [-0.1, -0.05) is 18.2 Å². The lowest BCUT2D eigenvalue weighted by atomic mass is 10.1. The lowest BCUT2D eigenvalue weighted by Gasteiger charge is -2.28. The fourth-order valence-electron chi connectivity index (χ4n) is 2.83. The van der Waals surface area contributed by atoms with Gasteiger partial charge in [0.1, 0.15) is 17.5 Å². The first-order chi connectivity index (χ1) is 13.3. The van der Waals surface area contributed by atoms with E-state index >= 15 is 0 Å². The number of carbonyl (C=O) groups is 1. The molecule has 2 aromatic carbocycles. The van der Waals surface area contributed by atoms with Crippen LogP contribution in [0, 0.1) is 0 Å². The van der Waals surface area contributed by atoms with E-state index in [9.17, 15) is 13.2 Å². The molecule has 0 aromatic heterocycles. The molecule has 0 aliphatic rings. The van der Waals surface area contributed by atoms with Crippen LogP contribution in [0.5, 0.6) is 11.5 Å². The molecule has 0 saturated heterocycles. The average molecular weight is 407 g/mol. The molecule has 8 heteroatoms. The number of ether oxygens (including phenoxy) is 2. The molecule has 0 aliphatic heterocycles. The highest BCUT2D eigenvalue weighted by Crippen LogP contribution is 2.25. The Balaban J connectivity index is 2.06. The Labute approximate surface area is 166 Å². The molecule has 0 unspecified atom stereocenters. The summed E-state index contributed by atoms with van der Waals surface area (Å²) in [5.74, 6) is 0.906. The van der Waals surface area contributed by atoms with Gasteiger partial charge in [-0.05, 0) is 43.2 Å². The van der Waals surface area contributed by atoms with Crippen LogP contribution >= 0.6 is 0 Å². The largest absolute Gasteiger partial charge is 0.497 e. The van der Waals surface area contributed by atoms with E-state index in [0.29, 0.717) is 24.4 Å². The van der Waals surface area contributed by atoms with Crippen LogP contribution in [0.15, 0.2) is 48.5 Å². The molecule has 0 radical (unpaired) electrons. The third kappa shape index (κ3) is 5.63. The van der Waals surface area contributed by atoms with Gasteiger partial charge in [-0.3, -0.25) is 9.10 Å². The van der Waals surface area contributed by atoms with Gasteiger partial charge >= 0.3 is 0 Å². The lowest BCUT2D eigenvalue weighted by molar-refractivity contribution is -0.121. The third-order valence-electron chi connectivity index (χ3n) is 4.27. The maximum atomic E-state index is 12.6. The van der Waals surface area contributed by atoms with Gasteiger partial charge in [-0.25, -0.2) is 8.42 Å². The number of methoxy groups -OCH3 is 2. The van der Waals surface area contributed by atoms with Crippen LogP contribution in [0.3, 0.4) is 0 Å². The quantitative estimate of drug-likeness (QED) is 0.690. The van der Waals surface area contributed by atoms with Crippen LogP contribution in [0.2, 0.25) is 0 Å². The summed E-state index contributed by atoms with van der Waals surface area (Å²) in [5.41, 5.74) is 1.42. The maximum Gasteiger partial charge on any atom is 0.243 e. The highest BCUT2D eigenvalue weighted by Gasteiger charge is 2.29. The van der Waals surface area contributed by atoms with Crippen molar-refractivity contribution in [2.45, 2.75) is 19.4 Å². The highest BCUT2D eigenvalue weighted by atomic mass is 32.2. The number of carbonyl (C=O) groups excluding carboxylic acids is 1. The molecule has 1 atom stereocenters. The van der Waals surface area contributed by atoms with E-state index in [1.807, 2.05) is 24.3 Å². The highest BCUT2D eigenvalue weighted by molar-refractivity contribution is 7.92. The van der Waals surface area contributed by atoms with Crippen LogP contribution in [0.4, 0.5) is 5.69 Å². The first-order valence-electron chi connectivity index (χ1n) is 8.80. The number of anilines is 1. The van der Waals surface area contributed by atoms with Gasteiger partial charge in [0, 0.05) is 12.6 Å². The van der Waals surface area contributed by atoms with Gasteiger partial charge in [0.2, 0.25) is 15.9 Å². The van der Waals surface area contributed by atoms with Crippen molar-refractivity contribution in [3.05, 3.63) is 54.1 Å². The number of benzene rings is 2. The lowest BCUT2D eigenvalue weighted by Crippen LogP contribution is -2.48. The van der Waals surface area contributed by atoms with Crippen molar-refractivity contribution in [2.75, 3.05) is 31.3 Å². The molecule has 0 saturated carbocycles. The Hall–Kier alpha value is -2.74. The fraction of sp³-hybridized carbons (Fsp3) is 0.350. The second kappa shape index (κ2) is 9.45. The number of rotatable bonds is 9. The molecule has 2 aromatic rings. The molecule has 7 nitrogen and oxygen atoms in total. The van der Waals surface area contributed by atoms with Crippen molar-refractivity contribution in [1.82, 2.24) is 5.32 Å². The summed E-state index contributed by atoms with van der Waals surface area (Å²) in [5, 5.41) is 2.80. The molecule has 0 fully saturated rings. The Bertz CT molecular complexity index is 897. The Morgan fingerprint density at radius 1 is 1.07 bits per heavy atom. The number of nitrogens with zero attached hydrogens (tertiary/aromatic N) is 1. The van der Waals surface area contributed by atoms with Gasteiger partial charge in [0.05, 0.1) is 26.2 Å². The van der Waals surface area contributed by atoms with Gasteiger partial charge < -0.3 is 14.8 Å². The maximum absolute atomic E-state index is 12.6. The molecule has 2 rings (SSSR count). The van der Waals surface area contributed by atoms with E-state index in [2.05, 4.69) is 5.32 Å². The van der Waals surface area contributed by atoms with E-state index in [0.717, 1.165) is 21.9 Å². The monoisotopic (exact) mass is 406 g/mol. The predicted molar refractivity (Wildman–Crippen MR) is 109 cm³/mol. The molecule has 1 amide bonds. The molecular formula is C20H26N2O5S.